The highest BCUT2D eigenvalue weighted by Crippen LogP contribution is 2.31. The quantitative estimate of drug-likeness (QED) is 0.353. The van der Waals surface area contributed by atoms with E-state index in [-0.39, 0.29) is 12.6 Å². The van der Waals surface area contributed by atoms with Gasteiger partial charge in [0.25, 0.3) is 5.89 Å². The third-order valence-corrected chi connectivity index (χ3v) is 5.62. The number of hydrogen-bond acceptors (Lipinski definition) is 8. The highest BCUT2D eigenvalue weighted by molar-refractivity contribution is 7.32. The molecule has 1 aromatic heterocycles. The maximum atomic E-state index is 10.4. The zero-order valence-corrected chi connectivity index (χ0v) is 18.6. The van der Waals surface area contributed by atoms with Crippen molar-refractivity contribution >= 4 is 14.0 Å². The van der Waals surface area contributed by atoms with E-state index in [0.29, 0.717) is 37.6 Å². The van der Waals surface area contributed by atoms with Crippen molar-refractivity contribution in [3.8, 4) is 11.4 Å². The van der Waals surface area contributed by atoms with Crippen LogP contribution >= 0.6 is 8.25 Å². The standard InChI is InChI=1S/C22H24N5O4P/c1-27-20(17-6-3-2-4-7-17)14-19(25-27)22-24-21(26-31-22)18-10-8-16(9-11-18)15-23-12-5-13-30-32(28)29/h2-4,6-11,20,23H,5,12-15H2,1H3/p+1. The van der Waals surface area contributed by atoms with Crippen LogP contribution in [-0.2, 0) is 15.6 Å². The number of benzene rings is 2. The monoisotopic (exact) mass is 454 g/mol. The molecule has 0 fully saturated rings. The van der Waals surface area contributed by atoms with Crippen LogP contribution in [0.1, 0.15) is 35.9 Å². The Morgan fingerprint density at radius 2 is 2.00 bits per heavy atom. The zero-order valence-electron chi connectivity index (χ0n) is 17.7. The molecule has 0 spiro atoms. The molecule has 4 rings (SSSR count). The van der Waals surface area contributed by atoms with Gasteiger partial charge in [-0.05, 0) is 24.1 Å². The molecule has 1 aliphatic rings. The topological polar surface area (TPSA) is 113 Å². The minimum Gasteiger partial charge on any atom is -0.332 e. The average molecular weight is 454 g/mol. The first-order chi connectivity index (χ1) is 15.6. The lowest BCUT2D eigenvalue weighted by Crippen LogP contribution is -2.15. The third kappa shape index (κ3) is 5.63. The molecule has 0 saturated carbocycles. The first-order valence-electron chi connectivity index (χ1n) is 10.4. The molecule has 2 N–H and O–H groups in total. The Bertz CT molecular complexity index is 1070. The van der Waals surface area contributed by atoms with Crippen LogP contribution in [0.15, 0.2) is 64.2 Å². The molecule has 166 valence electrons. The van der Waals surface area contributed by atoms with Crippen molar-refractivity contribution in [3.63, 3.8) is 0 Å². The largest absolute Gasteiger partial charge is 0.694 e. The van der Waals surface area contributed by atoms with Gasteiger partial charge < -0.3 is 9.84 Å². The van der Waals surface area contributed by atoms with E-state index < -0.39 is 8.25 Å². The van der Waals surface area contributed by atoms with E-state index in [1.807, 2.05) is 54.5 Å². The van der Waals surface area contributed by atoms with Crippen LogP contribution in [0.25, 0.3) is 11.4 Å². The molecule has 10 heteroatoms. The summed E-state index contributed by atoms with van der Waals surface area (Å²) in [5, 5.41) is 14.0. The fourth-order valence-corrected chi connectivity index (χ4v) is 3.84. The summed E-state index contributed by atoms with van der Waals surface area (Å²) in [5.74, 6) is 0.978. The van der Waals surface area contributed by atoms with Crippen LogP contribution in [0.4, 0.5) is 0 Å². The van der Waals surface area contributed by atoms with E-state index in [0.717, 1.165) is 16.8 Å². The van der Waals surface area contributed by atoms with Gasteiger partial charge in [0, 0.05) is 30.1 Å². The molecule has 0 bridgehead atoms. The molecule has 1 aliphatic heterocycles. The average Bonchev–Trinajstić information content (AvgIpc) is 3.44. The van der Waals surface area contributed by atoms with Gasteiger partial charge in [-0.3, -0.25) is 5.01 Å². The van der Waals surface area contributed by atoms with Gasteiger partial charge in [0.15, 0.2) is 0 Å². The predicted octanol–water partition coefficient (Wildman–Crippen LogP) is 3.66. The zero-order chi connectivity index (χ0) is 22.3. The second-order valence-corrected chi connectivity index (χ2v) is 8.21. The van der Waals surface area contributed by atoms with Gasteiger partial charge in [-0.1, -0.05) is 59.8 Å². The summed E-state index contributed by atoms with van der Waals surface area (Å²) < 4.78 is 20.6. The molecule has 2 heterocycles. The predicted molar refractivity (Wildman–Crippen MR) is 120 cm³/mol. The van der Waals surface area contributed by atoms with Crippen LogP contribution in [-0.4, -0.2) is 46.0 Å². The highest BCUT2D eigenvalue weighted by atomic mass is 31.1. The van der Waals surface area contributed by atoms with Gasteiger partial charge in [-0.25, -0.2) is 0 Å². The van der Waals surface area contributed by atoms with Crippen molar-refractivity contribution in [2.75, 3.05) is 20.2 Å². The molecule has 0 amide bonds. The Kier molecular flexibility index (Phi) is 7.34. The Morgan fingerprint density at radius 3 is 2.75 bits per heavy atom. The van der Waals surface area contributed by atoms with E-state index in [1.54, 1.807) is 0 Å². The minimum atomic E-state index is -2.51. The van der Waals surface area contributed by atoms with Crippen LogP contribution in [0.3, 0.4) is 0 Å². The van der Waals surface area contributed by atoms with Gasteiger partial charge in [0.2, 0.25) is 5.82 Å². The molecule has 3 aromatic rings. The van der Waals surface area contributed by atoms with Crippen LogP contribution in [0.2, 0.25) is 0 Å². The van der Waals surface area contributed by atoms with Crippen LogP contribution in [0.5, 0.6) is 0 Å². The van der Waals surface area contributed by atoms with Crippen molar-refractivity contribution in [2.24, 2.45) is 5.10 Å². The maximum Gasteiger partial charge on any atom is 0.694 e. The molecular formula is C22H25N5O4P+. The number of nitrogens with zero attached hydrogens (tertiary/aromatic N) is 4. The number of rotatable bonds is 10. The molecule has 0 aliphatic carbocycles. The molecule has 32 heavy (non-hydrogen) atoms. The summed E-state index contributed by atoms with van der Waals surface area (Å²) in [6.45, 7) is 1.64. The summed E-state index contributed by atoms with van der Waals surface area (Å²) in [4.78, 5) is 13.1. The van der Waals surface area contributed by atoms with Crippen molar-refractivity contribution in [1.82, 2.24) is 20.5 Å². The molecular weight excluding hydrogens is 429 g/mol. The smallest absolute Gasteiger partial charge is 0.332 e. The van der Waals surface area contributed by atoms with E-state index in [4.69, 9.17) is 9.42 Å². The van der Waals surface area contributed by atoms with Gasteiger partial charge in [-0.15, -0.1) is 9.42 Å². The number of hydrogen-bond donors (Lipinski definition) is 2. The van der Waals surface area contributed by atoms with E-state index in [2.05, 4.69) is 37.2 Å². The molecule has 2 aromatic carbocycles. The molecule has 9 nitrogen and oxygen atoms in total. The second kappa shape index (κ2) is 10.6. The second-order valence-electron chi connectivity index (χ2n) is 7.47. The number of aromatic nitrogens is 2. The van der Waals surface area contributed by atoms with E-state index in [1.165, 1.54) is 5.56 Å². The Hall–Kier alpha value is -2.97. The van der Waals surface area contributed by atoms with Crippen molar-refractivity contribution in [2.45, 2.75) is 25.4 Å². The van der Waals surface area contributed by atoms with E-state index in [9.17, 15) is 4.57 Å². The molecule has 2 unspecified atom stereocenters. The number of nitrogens with one attached hydrogen (secondary N) is 1. The first-order valence-corrected chi connectivity index (χ1v) is 11.5. The summed E-state index contributed by atoms with van der Waals surface area (Å²) in [6, 6.07) is 18.3. The first kappa shape index (κ1) is 22.2. The Morgan fingerprint density at radius 1 is 1.22 bits per heavy atom. The fraction of sp³-hybridized carbons (Fsp3) is 0.318. The summed E-state index contributed by atoms with van der Waals surface area (Å²) in [6.07, 6.45) is 1.38. The minimum absolute atomic E-state index is 0.159. The van der Waals surface area contributed by atoms with Crippen molar-refractivity contribution in [3.05, 3.63) is 71.6 Å². The Labute approximate surface area is 187 Å². The molecule has 2 atom stereocenters. The lowest BCUT2D eigenvalue weighted by molar-refractivity contribution is 0.276. The molecule has 0 radical (unpaired) electrons. The van der Waals surface area contributed by atoms with Crippen molar-refractivity contribution < 1.29 is 18.5 Å². The van der Waals surface area contributed by atoms with Crippen LogP contribution < -0.4 is 5.32 Å². The summed E-state index contributed by atoms with van der Waals surface area (Å²) >= 11 is 0. The highest BCUT2D eigenvalue weighted by Gasteiger charge is 2.29. The van der Waals surface area contributed by atoms with Crippen LogP contribution in [0, 0.1) is 0 Å². The summed E-state index contributed by atoms with van der Waals surface area (Å²) in [7, 11) is -0.561. The van der Waals surface area contributed by atoms with E-state index >= 15 is 0 Å². The fourth-order valence-electron chi connectivity index (χ4n) is 3.56. The molecule has 0 saturated heterocycles. The lowest BCUT2D eigenvalue weighted by Gasteiger charge is -2.18. The van der Waals surface area contributed by atoms with Gasteiger partial charge in [0.05, 0.1) is 6.04 Å². The van der Waals surface area contributed by atoms with Gasteiger partial charge >= 0.3 is 8.25 Å². The summed E-state index contributed by atoms with van der Waals surface area (Å²) in [5.41, 5.74) is 3.97. The third-order valence-electron chi connectivity index (χ3n) is 5.21. The lowest BCUT2D eigenvalue weighted by atomic mass is 10.0. The SMILES string of the molecule is CN1N=C(c2nc(-c3ccc(CNCCCO[P+](=O)O)cc3)no2)CC1c1ccccc1. The maximum absolute atomic E-state index is 10.4. The Balaban J connectivity index is 1.32. The number of hydrazone groups is 1. The van der Waals surface area contributed by atoms with Gasteiger partial charge in [-0.2, -0.15) is 10.1 Å². The van der Waals surface area contributed by atoms with Crippen molar-refractivity contribution in [1.29, 1.82) is 0 Å². The normalized spacial score (nSPS) is 16.3. The van der Waals surface area contributed by atoms with Gasteiger partial charge in [0.1, 0.15) is 12.3 Å².